The number of nitrogens with zero attached hydrogens (tertiary/aromatic N) is 2. The lowest BCUT2D eigenvalue weighted by Crippen LogP contribution is -2.49. The normalized spacial score (nSPS) is 24.3. The topological polar surface area (TPSA) is 52.7 Å². The summed E-state index contributed by atoms with van der Waals surface area (Å²) in [6.45, 7) is 6.26. The summed E-state index contributed by atoms with van der Waals surface area (Å²) in [6, 6.07) is 8.14. The summed E-state index contributed by atoms with van der Waals surface area (Å²) in [5.41, 5.74) is 2.37. The Labute approximate surface area is 156 Å². The molecular weight excluding hydrogens is 326 g/mol. The SMILES string of the molecule is Cc1ccccc1CNC(=O)C1CCC(C(=O)N2CCN(C)CC2)CC1. The minimum absolute atomic E-state index is 0.0514. The summed E-state index contributed by atoms with van der Waals surface area (Å²) in [5, 5.41) is 3.08. The highest BCUT2D eigenvalue weighted by Gasteiger charge is 2.32. The van der Waals surface area contributed by atoms with Crippen LogP contribution in [0.2, 0.25) is 0 Å². The fourth-order valence-corrected chi connectivity index (χ4v) is 4.02. The van der Waals surface area contributed by atoms with Gasteiger partial charge in [0, 0.05) is 44.6 Å². The second-order valence-electron chi connectivity index (χ2n) is 7.82. The van der Waals surface area contributed by atoms with Crippen molar-refractivity contribution >= 4 is 11.8 Å². The van der Waals surface area contributed by atoms with E-state index in [1.807, 2.05) is 17.0 Å². The summed E-state index contributed by atoms with van der Waals surface area (Å²) in [6.07, 6.45) is 3.33. The number of rotatable bonds is 4. The Balaban J connectivity index is 1.43. The third-order valence-electron chi connectivity index (χ3n) is 5.98. The van der Waals surface area contributed by atoms with Gasteiger partial charge < -0.3 is 15.1 Å². The average Bonchev–Trinajstić information content (AvgIpc) is 2.67. The quantitative estimate of drug-likeness (QED) is 0.899. The van der Waals surface area contributed by atoms with Gasteiger partial charge in [-0.25, -0.2) is 0 Å². The number of carbonyl (C=O) groups excluding carboxylic acids is 2. The van der Waals surface area contributed by atoms with Crippen molar-refractivity contribution in [1.29, 1.82) is 0 Å². The molecule has 2 amide bonds. The monoisotopic (exact) mass is 357 g/mol. The first kappa shape index (κ1) is 18.9. The van der Waals surface area contributed by atoms with Crippen molar-refractivity contribution in [2.24, 2.45) is 11.8 Å². The van der Waals surface area contributed by atoms with Crippen LogP contribution in [0.1, 0.15) is 36.8 Å². The number of hydrogen-bond donors (Lipinski definition) is 1. The molecule has 2 fully saturated rings. The van der Waals surface area contributed by atoms with Crippen LogP contribution in [0, 0.1) is 18.8 Å². The van der Waals surface area contributed by atoms with Gasteiger partial charge in [-0.1, -0.05) is 24.3 Å². The maximum Gasteiger partial charge on any atom is 0.225 e. The standard InChI is InChI=1S/C21H31N3O2/c1-16-5-3-4-6-19(16)15-22-20(25)17-7-9-18(10-8-17)21(26)24-13-11-23(2)12-14-24/h3-6,17-18H,7-15H2,1-2H3,(H,22,25). The molecule has 1 N–H and O–H groups in total. The average molecular weight is 357 g/mol. The molecule has 1 aliphatic carbocycles. The molecule has 5 heteroatoms. The number of carbonyl (C=O) groups is 2. The van der Waals surface area contributed by atoms with E-state index >= 15 is 0 Å². The fourth-order valence-electron chi connectivity index (χ4n) is 4.02. The Morgan fingerprint density at radius 1 is 1.00 bits per heavy atom. The van der Waals surface area contributed by atoms with Crippen LogP contribution < -0.4 is 5.32 Å². The smallest absolute Gasteiger partial charge is 0.225 e. The molecule has 1 heterocycles. The third-order valence-corrected chi connectivity index (χ3v) is 5.98. The highest BCUT2D eigenvalue weighted by atomic mass is 16.2. The van der Waals surface area contributed by atoms with Crippen molar-refractivity contribution in [2.75, 3.05) is 33.2 Å². The van der Waals surface area contributed by atoms with Gasteiger partial charge in [-0.15, -0.1) is 0 Å². The molecule has 0 unspecified atom stereocenters. The van der Waals surface area contributed by atoms with Crippen molar-refractivity contribution in [2.45, 2.75) is 39.2 Å². The summed E-state index contributed by atoms with van der Waals surface area (Å²) < 4.78 is 0. The van der Waals surface area contributed by atoms with Crippen LogP contribution in [0.15, 0.2) is 24.3 Å². The molecule has 1 saturated carbocycles. The van der Waals surface area contributed by atoms with Crippen LogP contribution in [0.3, 0.4) is 0 Å². The molecule has 3 rings (SSSR count). The molecule has 5 nitrogen and oxygen atoms in total. The lowest BCUT2D eigenvalue weighted by atomic mass is 9.80. The van der Waals surface area contributed by atoms with Gasteiger partial charge in [0.2, 0.25) is 11.8 Å². The van der Waals surface area contributed by atoms with Crippen LogP contribution in [0.25, 0.3) is 0 Å². The highest BCUT2D eigenvalue weighted by molar-refractivity contribution is 5.81. The zero-order valence-corrected chi connectivity index (χ0v) is 16.0. The van der Waals surface area contributed by atoms with Gasteiger partial charge >= 0.3 is 0 Å². The van der Waals surface area contributed by atoms with Gasteiger partial charge in [-0.2, -0.15) is 0 Å². The second-order valence-corrected chi connectivity index (χ2v) is 7.82. The molecule has 0 aromatic heterocycles. The summed E-state index contributed by atoms with van der Waals surface area (Å²) in [7, 11) is 2.10. The number of amides is 2. The molecule has 0 bridgehead atoms. The highest BCUT2D eigenvalue weighted by Crippen LogP contribution is 2.30. The first-order valence-electron chi connectivity index (χ1n) is 9.84. The van der Waals surface area contributed by atoms with E-state index in [9.17, 15) is 9.59 Å². The first-order valence-corrected chi connectivity index (χ1v) is 9.84. The molecule has 0 atom stereocenters. The van der Waals surface area contributed by atoms with E-state index in [-0.39, 0.29) is 17.7 Å². The van der Waals surface area contributed by atoms with Gasteiger partial charge in [-0.3, -0.25) is 9.59 Å². The van der Waals surface area contributed by atoms with Crippen LogP contribution >= 0.6 is 0 Å². The van der Waals surface area contributed by atoms with E-state index in [0.29, 0.717) is 12.5 Å². The number of nitrogens with one attached hydrogen (secondary N) is 1. The molecule has 26 heavy (non-hydrogen) atoms. The van der Waals surface area contributed by atoms with E-state index in [2.05, 4.69) is 36.3 Å². The van der Waals surface area contributed by atoms with E-state index in [0.717, 1.165) is 51.9 Å². The van der Waals surface area contributed by atoms with E-state index < -0.39 is 0 Å². The second kappa shape index (κ2) is 8.67. The van der Waals surface area contributed by atoms with Crippen LogP contribution in [0.5, 0.6) is 0 Å². The minimum Gasteiger partial charge on any atom is -0.352 e. The van der Waals surface area contributed by atoms with Gasteiger partial charge in [-0.05, 0) is 50.8 Å². The molecule has 0 spiro atoms. The van der Waals surface area contributed by atoms with Crippen molar-refractivity contribution in [3.63, 3.8) is 0 Å². The van der Waals surface area contributed by atoms with Crippen LogP contribution in [-0.4, -0.2) is 54.8 Å². The van der Waals surface area contributed by atoms with E-state index in [1.54, 1.807) is 0 Å². The minimum atomic E-state index is 0.0514. The molecule has 1 aromatic rings. The number of likely N-dealkylation sites (N-methyl/N-ethyl adjacent to an activating group) is 1. The molecule has 1 saturated heterocycles. The van der Waals surface area contributed by atoms with Crippen LogP contribution in [0.4, 0.5) is 0 Å². The summed E-state index contributed by atoms with van der Waals surface area (Å²) in [4.78, 5) is 29.5. The van der Waals surface area contributed by atoms with Crippen molar-refractivity contribution in [3.8, 4) is 0 Å². The maximum atomic E-state index is 12.7. The first-order chi connectivity index (χ1) is 12.5. The predicted molar refractivity (Wildman–Crippen MR) is 103 cm³/mol. The Morgan fingerprint density at radius 2 is 1.62 bits per heavy atom. The van der Waals surface area contributed by atoms with Crippen molar-refractivity contribution in [3.05, 3.63) is 35.4 Å². The van der Waals surface area contributed by atoms with Crippen LogP contribution in [-0.2, 0) is 16.1 Å². The van der Waals surface area contributed by atoms with Crippen molar-refractivity contribution in [1.82, 2.24) is 15.1 Å². The molecule has 1 aromatic carbocycles. The lowest BCUT2D eigenvalue weighted by Gasteiger charge is -2.36. The number of piperazine rings is 1. The molecular formula is C21H31N3O2. The Kier molecular flexibility index (Phi) is 6.30. The summed E-state index contributed by atoms with van der Waals surface area (Å²) >= 11 is 0. The Bertz CT molecular complexity index is 630. The predicted octanol–water partition coefficient (Wildman–Crippen LogP) is 2.19. The fraction of sp³-hybridized carbons (Fsp3) is 0.619. The zero-order valence-electron chi connectivity index (χ0n) is 16.0. The van der Waals surface area contributed by atoms with E-state index in [4.69, 9.17) is 0 Å². The molecule has 1 aliphatic heterocycles. The van der Waals surface area contributed by atoms with E-state index in [1.165, 1.54) is 11.1 Å². The number of aryl methyl sites for hydroxylation is 1. The third kappa shape index (κ3) is 4.64. The molecule has 142 valence electrons. The maximum absolute atomic E-state index is 12.7. The number of benzene rings is 1. The largest absolute Gasteiger partial charge is 0.352 e. The molecule has 2 aliphatic rings. The number of hydrogen-bond acceptors (Lipinski definition) is 3. The lowest BCUT2D eigenvalue weighted by molar-refractivity contribution is -0.139. The summed E-state index contributed by atoms with van der Waals surface area (Å²) in [5.74, 6) is 0.602. The van der Waals surface area contributed by atoms with Gasteiger partial charge in [0.25, 0.3) is 0 Å². The van der Waals surface area contributed by atoms with Crippen molar-refractivity contribution < 1.29 is 9.59 Å². The van der Waals surface area contributed by atoms with Gasteiger partial charge in [0.15, 0.2) is 0 Å². The van der Waals surface area contributed by atoms with Gasteiger partial charge in [0.1, 0.15) is 0 Å². The zero-order chi connectivity index (χ0) is 18.5. The Morgan fingerprint density at radius 3 is 2.27 bits per heavy atom. The van der Waals surface area contributed by atoms with Gasteiger partial charge in [0.05, 0.1) is 0 Å². The molecule has 0 radical (unpaired) electrons. The Hall–Kier alpha value is -1.88.